The first-order valence-corrected chi connectivity index (χ1v) is 30.5. The third kappa shape index (κ3) is 27.5. The lowest BCUT2D eigenvalue weighted by Gasteiger charge is -2.48. The fourth-order valence-electron chi connectivity index (χ4n) is 9.94. The Bertz CT molecular complexity index is 1700. The first-order valence-electron chi connectivity index (χ1n) is 30.5. The summed E-state index contributed by atoms with van der Waals surface area (Å²) in [7, 11) is 0. The van der Waals surface area contributed by atoms with Crippen LogP contribution in [0, 0.1) is 0 Å². The quantitative estimate of drug-likeness (QED) is 0.0259. The molecule has 3 heterocycles. The van der Waals surface area contributed by atoms with Gasteiger partial charge in [-0.25, -0.2) is 0 Å². The highest BCUT2D eigenvalue weighted by atomic mass is 16.8. The Morgan fingerprint density at radius 3 is 1.36 bits per heavy atom. The van der Waals surface area contributed by atoms with E-state index in [0.717, 1.165) is 70.6 Å². The van der Waals surface area contributed by atoms with E-state index in [1.165, 1.54) is 83.5 Å². The van der Waals surface area contributed by atoms with Crippen LogP contribution in [0.1, 0.15) is 187 Å². The summed E-state index contributed by atoms with van der Waals surface area (Å²) in [6.45, 7) is 1.63. The van der Waals surface area contributed by atoms with Crippen LogP contribution in [0.5, 0.6) is 0 Å². The number of hydrogen-bond donors (Lipinski definition) is 12. The van der Waals surface area contributed by atoms with Crippen LogP contribution in [-0.2, 0) is 33.2 Å². The van der Waals surface area contributed by atoms with Crippen LogP contribution >= 0.6 is 0 Å². The predicted octanol–water partition coefficient (Wildman–Crippen LogP) is 5.65. The lowest BCUT2D eigenvalue weighted by atomic mass is 9.96. The topological polar surface area (TPSA) is 307 Å². The number of unbranched alkanes of at least 4 members (excludes halogenated alkanes) is 20. The van der Waals surface area contributed by atoms with Gasteiger partial charge in [-0.15, -0.1) is 0 Å². The molecule has 19 nitrogen and oxygen atoms in total. The van der Waals surface area contributed by atoms with E-state index >= 15 is 0 Å². The molecule has 0 aromatic carbocycles. The highest BCUT2D eigenvalue weighted by Crippen LogP contribution is 2.33. The summed E-state index contributed by atoms with van der Waals surface area (Å²) in [5.74, 6) is -0.307. The molecule has 3 aliphatic rings. The average Bonchev–Trinajstić information content (AvgIpc) is 3.47. The van der Waals surface area contributed by atoms with Crippen LogP contribution in [0.3, 0.4) is 0 Å². The van der Waals surface area contributed by atoms with Gasteiger partial charge >= 0.3 is 0 Å². The zero-order valence-electron chi connectivity index (χ0n) is 48.3. The number of allylic oxidation sites excluding steroid dienone is 9. The van der Waals surface area contributed by atoms with Crippen molar-refractivity contribution in [3.63, 3.8) is 0 Å². The van der Waals surface area contributed by atoms with Gasteiger partial charge in [0.05, 0.1) is 38.6 Å². The molecular weight excluding hydrogens is 1030 g/mol. The van der Waals surface area contributed by atoms with Gasteiger partial charge in [0.2, 0.25) is 5.91 Å². The normalized spacial score (nSPS) is 30.4. The lowest BCUT2D eigenvalue weighted by molar-refractivity contribution is -0.379. The number of rotatable bonds is 44. The SMILES string of the molecule is CCCC/C=C\C/C=C\CCCCCCCC(=O)NC(COC1OC(CO)C(OC2OC(CO)C(OC3OC(CO)C(O)C(O)C3O)C(O)C2O)C(O)C1O)C(O)/C=C/CC/C=C/CC/C=C/CCCCCCCCCCCCC. The number of aliphatic hydroxyl groups is 11. The van der Waals surface area contributed by atoms with E-state index < -0.39 is 124 Å². The standard InChI is InChI=1S/C61H107NO18/c1-3-5-7-9-11-13-15-17-19-20-21-22-23-24-25-26-28-30-32-34-36-38-45(66)44(62-49(67)39-37-35-33-31-29-27-18-16-14-12-10-8-6-4-2)43-75-59-55(73)52(70)57(47(41-64)77-59)80-61-56(74)53(71)58(48(42-65)78-61)79-60-54(72)51(69)50(68)46(40-63)76-60/h10,12,16,18,23-24,28,30,36,38,44-48,50-61,63-66,68-74H,3-9,11,13-15,17,19-22,25-27,29,31-35,37,39-43H2,1-2H3,(H,62,67)/b12-10-,18-16-,24-23+,30-28+,38-36+. The molecular formula is C61H107NO18. The molecule has 17 unspecified atom stereocenters. The fourth-order valence-corrected chi connectivity index (χ4v) is 9.94. The van der Waals surface area contributed by atoms with E-state index in [1.807, 2.05) is 6.08 Å². The molecule has 12 N–H and O–H groups in total. The Kier molecular flexibility index (Phi) is 39.5. The first kappa shape index (κ1) is 71.8. The molecule has 464 valence electrons. The maximum atomic E-state index is 13.3. The van der Waals surface area contributed by atoms with Gasteiger partial charge in [0.1, 0.15) is 73.2 Å². The van der Waals surface area contributed by atoms with Crippen LogP contribution in [0.25, 0.3) is 0 Å². The van der Waals surface area contributed by atoms with Gasteiger partial charge in [-0.05, 0) is 70.6 Å². The molecule has 3 saturated heterocycles. The molecule has 0 aromatic heterocycles. The number of carbonyl (C=O) groups is 1. The molecule has 0 aliphatic carbocycles. The summed E-state index contributed by atoms with van der Waals surface area (Å²) >= 11 is 0. The Balaban J connectivity index is 1.52. The predicted molar refractivity (Wildman–Crippen MR) is 305 cm³/mol. The van der Waals surface area contributed by atoms with Crippen molar-refractivity contribution in [2.45, 2.75) is 291 Å². The van der Waals surface area contributed by atoms with Crippen molar-refractivity contribution in [1.82, 2.24) is 5.32 Å². The van der Waals surface area contributed by atoms with Gasteiger partial charge in [0.15, 0.2) is 18.9 Å². The third-order valence-electron chi connectivity index (χ3n) is 15.0. The zero-order valence-corrected chi connectivity index (χ0v) is 48.3. The van der Waals surface area contributed by atoms with Crippen LogP contribution < -0.4 is 5.32 Å². The van der Waals surface area contributed by atoms with E-state index in [9.17, 15) is 61.0 Å². The molecule has 3 rings (SSSR count). The van der Waals surface area contributed by atoms with E-state index in [1.54, 1.807) is 6.08 Å². The summed E-state index contributed by atoms with van der Waals surface area (Å²) in [5, 5.41) is 120. The van der Waals surface area contributed by atoms with Gasteiger partial charge in [-0.3, -0.25) is 4.79 Å². The smallest absolute Gasteiger partial charge is 0.220 e. The summed E-state index contributed by atoms with van der Waals surface area (Å²) < 4.78 is 34.2. The first-order chi connectivity index (χ1) is 38.8. The maximum Gasteiger partial charge on any atom is 0.220 e. The molecule has 3 fully saturated rings. The Morgan fingerprint density at radius 1 is 0.450 bits per heavy atom. The summed E-state index contributed by atoms with van der Waals surface area (Å²) in [6, 6.07) is -1.00. The van der Waals surface area contributed by atoms with Gasteiger partial charge in [-0.1, -0.05) is 171 Å². The lowest BCUT2D eigenvalue weighted by Crippen LogP contribution is -2.66. The van der Waals surface area contributed by atoms with Crippen LogP contribution in [0.2, 0.25) is 0 Å². The second-order valence-corrected chi connectivity index (χ2v) is 21.8. The van der Waals surface area contributed by atoms with Crippen molar-refractivity contribution < 1.29 is 89.4 Å². The Morgan fingerprint density at radius 2 is 0.850 bits per heavy atom. The molecule has 0 spiro atoms. The average molecular weight is 1140 g/mol. The molecule has 0 aromatic rings. The van der Waals surface area contributed by atoms with Crippen molar-refractivity contribution >= 4 is 5.91 Å². The fraction of sp³-hybridized carbons (Fsp3) is 0.820. The highest BCUT2D eigenvalue weighted by molar-refractivity contribution is 5.76. The number of nitrogens with one attached hydrogen (secondary N) is 1. The van der Waals surface area contributed by atoms with Crippen LogP contribution in [-0.4, -0.2) is 193 Å². The van der Waals surface area contributed by atoms with E-state index in [2.05, 4.69) is 67.8 Å². The van der Waals surface area contributed by atoms with E-state index in [-0.39, 0.29) is 18.9 Å². The zero-order chi connectivity index (χ0) is 58.3. The minimum Gasteiger partial charge on any atom is -0.394 e. The third-order valence-corrected chi connectivity index (χ3v) is 15.0. The van der Waals surface area contributed by atoms with E-state index in [0.29, 0.717) is 12.8 Å². The van der Waals surface area contributed by atoms with Gasteiger partial charge < -0.3 is 89.9 Å². The number of carbonyl (C=O) groups excluding carboxylic acids is 1. The minimum atomic E-state index is -1.98. The molecule has 1 amide bonds. The van der Waals surface area contributed by atoms with E-state index in [4.69, 9.17) is 28.4 Å². The number of aliphatic hydroxyl groups excluding tert-OH is 11. The van der Waals surface area contributed by atoms with Crippen LogP contribution in [0.4, 0.5) is 0 Å². The minimum absolute atomic E-state index is 0.213. The summed E-state index contributed by atoms with van der Waals surface area (Å²) in [6.07, 6.45) is 23.5. The van der Waals surface area contributed by atoms with Crippen LogP contribution in [0.15, 0.2) is 60.8 Å². The molecule has 80 heavy (non-hydrogen) atoms. The van der Waals surface area contributed by atoms with Gasteiger partial charge in [-0.2, -0.15) is 0 Å². The Hall–Kier alpha value is -2.51. The second kappa shape index (κ2) is 44.0. The molecule has 17 atom stereocenters. The van der Waals surface area contributed by atoms with Crippen molar-refractivity contribution in [2.75, 3.05) is 26.4 Å². The molecule has 0 radical (unpaired) electrons. The van der Waals surface area contributed by atoms with Crippen molar-refractivity contribution in [1.29, 1.82) is 0 Å². The summed E-state index contributed by atoms with van der Waals surface area (Å²) in [5.41, 5.74) is 0. The monoisotopic (exact) mass is 1140 g/mol. The molecule has 0 bridgehead atoms. The van der Waals surface area contributed by atoms with Gasteiger partial charge in [0, 0.05) is 6.42 Å². The highest BCUT2D eigenvalue weighted by Gasteiger charge is 2.53. The maximum absolute atomic E-state index is 13.3. The number of amides is 1. The second-order valence-electron chi connectivity index (χ2n) is 21.8. The van der Waals surface area contributed by atoms with Crippen molar-refractivity contribution in [3.8, 4) is 0 Å². The number of ether oxygens (including phenoxy) is 6. The molecule has 3 aliphatic heterocycles. The largest absolute Gasteiger partial charge is 0.394 e. The van der Waals surface area contributed by atoms with Gasteiger partial charge in [0.25, 0.3) is 0 Å². The molecule has 19 heteroatoms. The number of hydrogen-bond acceptors (Lipinski definition) is 18. The van der Waals surface area contributed by atoms with Crippen molar-refractivity contribution in [2.24, 2.45) is 0 Å². The molecule has 0 saturated carbocycles. The Labute approximate surface area is 477 Å². The van der Waals surface area contributed by atoms with Crippen molar-refractivity contribution in [3.05, 3.63) is 60.8 Å². The summed E-state index contributed by atoms with van der Waals surface area (Å²) in [4.78, 5) is 13.3.